The van der Waals surface area contributed by atoms with Crippen LogP contribution >= 0.6 is 0 Å². The molecule has 4 rings (SSSR count). The maximum absolute atomic E-state index is 13.0. The van der Waals surface area contributed by atoms with E-state index in [2.05, 4.69) is 5.32 Å². The Morgan fingerprint density at radius 1 is 1.00 bits per heavy atom. The van der Waals surface area contributed by atoms with Crippen molar-refractivity contribution in [1.29, 1.82) is 0 Å². The number of likely N-dealkylation sites (tertiary alicyclic amines) is 1. The van der Waals surface area contributed by atoms with Crippen molar-refractivity contribution >= 4 is 28.4 Å². The number of hydrogen-bond acceptors (Lipinski definition) is 5. The van der Waals surface area contributed by atoms with E-state index in [4.69, 9.17) is 9.47 Å². The first-order valence-corrected chi connectivity index (χ1v) is 10.5. The van der Waals surface area contributed by atoms with Crippen LogP contribution in [0.25, 0.3) is 10.9 Å². The average molecular weight is 435 g/mol. The lowest BCUT2D eigenvalue weighted by atomic mass is 10.1. The highest BCUT2D eigenvalue weighted by Gasteiger charge is 2.23. The predicted octanol–water partition coefficient (Wildman–Crippen LogP) is 2.89. The largest absolute Gasteiger partial charge is 0.497 e. The SMILES string of the molecule is COc1ccc(NC(=O)Cn2c(=O)cc(C(=O)N3CCCC3)c3ccccc32)c(OC)c1. The van der Waals surface area contributed by atoms with Gasteiger partial charge in [0, 0.05) is 30.6 Å². The summed E-state index contributed by atoms with van der Waals surface area (Å²) in [5.41, 5.74) is 0.986. The van der Waals surface area contributed by atoms with Gasteiger partial charge in [-0.1, -0.05) is 18.2 Å². The monoisotopic (exact) mass is 435 g/mol. The third-order valence-electron chi connectivity index (χ3n) is 5.63. The van der Waals surface area contributed by atoms with Crippen molar-refractivity contribution in [3.8, 4) is 11.5 Å². The predicted molar refractivity (Wildman–Crippen MR) is 122 cm³/mol. The highest BCUT2D eigenvalue weighted by atomic mass is 16.5. The van der Waals surface area contributed by atoms with Crippen molar-refractivity contribution < 1.29 is 19.1 Å². The van der Waals surface area contributed by atoms with E-state index in [-0.39, 0.29) is 18.4 Å². The lowest BCUT2D eigenvalue weighted by Crippen LogP contribution is -2.32. The van der Waals surface area contributed by atoms with Gasteiger partial charge in [-0.25, -0.2) is 0 Å². The highest BCUT2D eigenvalue weighted by Crippen LogP contribution is 2.29. The van der Waals surface area contributed by atoms with Gasteiger partial charge in [0.05, 0.1) is 31.0 Å². The molecule has 166 valence electrons. The number of methoxy groups -OCH3 is 2. The van der Waals surface area contributed by atoms with Crippen LogP contribution in [0.5, 0.6) is 11.5 Å². The fourth-order valence-electron chi connectivity index (χ4n) is 4.00. The lowest BCUT2D eigenvalue weighted by molar-refractivity contribution is -0.116. The highest BCUT2D eigenvalue weighted by molar-refractivity contribution is 6.06. The number of ether oxygens (including phenoxy) is 2. The summed E-state index contributed by atoms with van der Waals surface area (Å²) < 4.78 is 11.9. The van der Waals surface area contributed by atoms with Gasteiger partial charge in [-0.05, 0) is 31.0 Å². The number of para-hydroxylation sites is 1. The number of aromatic nitrogens is 1. The van der Waals surface area contributed by atoms with Crippen LogP contribution in [0.1, 0.15) is 23.2 Å². The van der Waals surface area contributed by atoms with E-state index in [1.807, 2.05) is 6.07 Å². The zero-order valence-electron chi connectivity index (χ0n) is 18.1. The van der Waals surface area contributed by atoms with Crippen LogP contribution in [-0.2, 0) is 11.3 Å². The van der Waals surface area contributed by atoms with Crippen LogP contribution in [0.4, 0.5) is 5.69 Å². The van der Waals surface area contributed by atoms with Crippen molar-refractivity contribution in [2.24, 2.45) is 0 Å². The molecule has 0 aliphatic carbocycles. The molecule has 2 amide bonds. The zero-order chi connectivity index (χ0) is 22.7. The fraction of sp³-hybridized carbons (Fsp3) is 0.292. The molecule has 1 aliphatic rings. The molecular formula is C24H25N3O5. The second kappa shape index (κ2) is 9.13. The number of pyridine rings is 1. The molecule has 0 bridgehead atoms. The van der Waals surface area contributed by atoms with Crippen molar-refractivity contribution in [3.05, 3.63) is 64.4 Å². The second-order valence-electron chi connectivity index (χ2n) is 7.61. The molecule has 1 aromatic heterocycles. The van der Waals surface area contributed by atoms with Gasteiger partial charge < -0.3 is 19.7 Å². The summed E-state index contributed by atoms with van der Waals surface area (Å²) in [6, 6.07) is 13.5. The molecule has 8 heteroatoms. The van der Waals surface area contributed by atoms with Crippen LogP contribution in [-0.4, -0.2) is 48.6 Å². The molecule has 1 N–H and O–H groups in total. The van der Waals surface area contributed by atoms with Gasteiger partial charge >= 0.3 is 0 Å². The molecular weight excluding hydrogens is 410 g/mol. The Balaban J connectivity index is 1.65. The lowest BCUT2D eigenvalue weighted by Gasteiger charge is -2.18. The van der Waals surface area contributed by atoms with E-state index in [9.17, 15) is 14.4 Å². The first kappa shape index (κ1) is 21.4. The van der Waals surface area contributed by atoms with Gasteiger partial charge in [0.15, 0.2) is 0 Å². The molecule has 1 aliphatic heterocycles. The van der Waals surface area contributed by atoms with Gasteiger partial charge in [-0.2, -0.15) is 0 Å². The Hall–Kier alpha value is -3.81. The van der Waals surface area contributed by atoms with Crippen molar-refractivity contribution in [2.45, 2.75) is 19.4 Å². The molecule has 2 heterocycles. The van der Waals surface area contributed by atoms with Crippen LogP contribution in [0.3, 0.4) is 0 Å². The van der Waals surface area contributed by atoms with Gasteiger partial charge in [0.2, 0.25) is 5.91 Å². The number of rotatable bonds is 6. The van der Waals surface area contributed by atoms with E-state index < -0.39 is 5.56 Å². The second-order valence-corrected chi connectivity index (χ2v) is 7.61. The minimum atomic E-state index is -0.400. The summed E-state index contributed by atoms with van der Waals surface area (Å²) in [5, 5.41) is 3.43. The van der Waals surface area contributed by atoms with E-state index in [0.29, 0.717) is 46.7 Å². The number of fused-ring (bicyclic) bond motifs is 1. The molecule has 32 heavy (non-hydrogen) atoms. The smallest absolute Gasteiger partial charge is 0.254 e. The average Bonchev–Trinajstić information content (AvgIpc) is 3.35. The standard InChI is InChI=1S/C24H25N3O5/c1-31-16-9-10-19(21(13-16)32-2)25-22(28)15-27-20-8-4-3-7-17(20)18(14-23(27)29)24(30)26-11-5-6-12-26/h3-4,7-10,13-14H,5-6,11-12,15H2,1-2H3,(H,25,28). The van der Waals surface area contributed by atoms with Crippen molar-refractivity contribution in [3.63, 3.8) is 0 Å². The summed E-state index contributed by atoms with van der Waals surface area (Å²) in [4.78, 5) is 40.5. The zero-order valence-corrected chi connectivity index (χ0v) is 18.1. The molecule has 8 nitrogen and oxygen atoms in total. The summed E-state index contributed by atoms with van der Waals surface area (Å²) in [7, 11) is 3.04. The maximum Gasteiger partial charge on any atom is 0.254 e. The van der Waals surface area contributed by atoms with E-state index in [1.165, 1.54) is 17.7 Å². The van der Waals surface area contributed by atoms with Gasteiger partial charge in [0.25, 0.3) is 11.5 Å². The number of nitrogens with one attached hydrogen (secondary N) is 1. The number of carbonyl (C=O) groups excluding carboxylic acids is 2. The Morgan fingerprint density at radius 3 is 2.47 bits per heavy atom. The number of nitrogens with zero attached hydrogens (tertiary/aromatic N) is 2. The van der Waals surface area contributed by atoms with Crippen LogP contribution in [0, 0.1) is 0 Å². The molecule has 0 radical (unpaired) electrons. The summed E-state index contributed by atoms with van der Waals surface area (Å²) in [6.07, 6.45) is 1.94. The van der Waals surface area contributed by atoms with E-state index in [0.717, 1.165) is 12.8 Å². The van der Waals surface area contributed by atoms with Gasteiger partial charge in [0.1, 0.15) is 18.0 Å². The van der Waals surface area contributed by atoms with E-state index in [1.54, 1.807) is 48.4 Å². The first-order valence-electron chi connectivity index (χ1n) is 10.5. The number of benzene rings is 2. The first-order chi connectivity index (χ1) is 15.5. The molecule has 2 aromatic carbocycles. The van der Waals surface area contributed by atoms with Crippen LogP contribution in [0.2, 0.25) is 0 Å². The molecule has 0 atom stereocenters. The van der Waals surface area contributed by atoms with Crippen molar-refractivity contribution in [2.75, 3.05) is 32.6 Å². The Morgan fingerprint density at radius 2 is 1.75 bits per heavy atom. The Labute approximate surface area is 185 Å². The molecule has 1 fully saturated rings. The summed E-state index contributed by atoms with van der Waals surface area (Å²) >= 11 is 0. The molecule has 1 saturated heterocycles. The fourth-order valence-corrected chi connectivity index (χ4v) is 4.00. The maximum atomic E-state index is 13.0. The van der Waals surface area contributed by atoms with E-state index >= 15 is 0 Å². The van der Waals surface area contributed by atoms with Gasteiger partial charge in [-0.3, -0.25) is 19.0 Å². The summed E-state index contributed by atoms with van der Waals surface area (Å²) in [6.45, 7) is 1.19. The molecule has 0 unspecified atom stereocenters. The van der Waals surface area contributed by atoms with Crippen LogP contribution in [0.15, 0.2) is 53.3 Å². The molecule has 0 saturated carbocycles. The number of carbonyl (C=O) groups is 2. The summed E-state index contributed by atoms with van der Waals surface area (Å²) in [5.74, 6) is 0.511. The topological polar surface area (TPSA) is 89.9 Å². The molecule has 3 aromatic rings. The van der Waals surface area contributed by atoms with Crippen LogP contribution < -0.4 is 20.3 Å². The minimum absolute atomic E-state index is 0.143. The molecule has 0 spiro atoms. The minimum Gasteiger partial charge on any atom is -0.497 e. The number of anilines is 1. The van der Waals surface area contributed by atoms with Crippen molar-refractivity contribution in [1.82, 2.24) is 9.47 Å². The van der Waals surface area contributed by atoms with Gasteiger partial charge in [-0.15, -0.1) is 0 Å². The normalized spacial score (nSPS) is 13.2. The quantitative estimate of drug-likeness (QED) is 0.643. The number of hydrogen-bond donors (Lipinski definition) is 1. The Bertz CT molecular complexity index is 1230. The number of amides is 2. The third kappa shape index (κ3) is 4.16. The third-order valence-corrected chi connectivity index (χ3v) is 5.63. The Kier molecular flexibility index (Phi) is 6.11.